The fourth-order valence-corrected chi connectivity index (χ4v) is 3.45. The van der Waals surface area contributed by atoms with Gasteiger partial charge >= 0.3 is 0 Å². The second-order valence-corrected chi connectivity index (χ2v) is 7.58. The molecule has 0 unspecified atom stereocenters. The summed E-state index contributed by atoms with van der Waals surface area (Å²) in [6, 6.07) is 21.3. The van der Waals surface area contributed by atoms with Gasteiger partial charge in [0, 0.05) is 24.6 Å². The Kier molecular flexibility index (Phi) is 6.78. The van der Waals surface area contributed by atoms with Gasteiger partial charge in [-0.05, 0) is 55.3 Å². The molecule has 3 aromatic carbocycles. The van der Waals surface area contributed by atoms with Gasteiger partial charge in [0.2, 0.25) is 11.8 Å². The van der Waals surface area contributed by atoms with Crippen molar-refractivity contribution in [2.45, 2.75) is 26.3 Å². The SMILES string of the molecule is Cc1nn(-c2ccc(F)cc2)c(Oc2cccc(F)c2)c1CCC(=O)NCc1ccccc1. The first-order chi connectivity index (χ1) is 16.0. The van der Waals surface area contributed by atoms with Gasteiger partial charge in [0.25, 0.3) is 0 Å². The summed E-state index contributed by atoms with van der Waals surface area (Å²) in [7, 11) is 0. The highest BCUT2D eigenvalue weighted by atomic mass is 19.1. The van der Waals surface area contributed by atoms with Crippen molar-refractivity contribution in [3.05, 3.63) is 107 Å². The summed E-state index contributed by atoms with van der Waals surface area (Å²) in [5, 5.41) is 7.46. The summed E-state index contributed by atoms with van der Waals surface area (Å²) >= 11 is 0. The Bertz CT molecular complexity index is 1240. The summed E-state index contributed by atoms with van der Waals surface area (Å²) in [6.45, 7) is 2.26. The molecule has 1 N–H and O–H groups in total. The molecular formula is C26H23F2N3O2. The molecule has 0 aliphatic rings. The maximum Gasteiger partial charge on any atom is 0.226 e. The first kappa shape index (κ1) is 22.2. The van der Waals surface area contributed by atoms with E-state index in [-0.39, 0.29) is 18.1 Å². The van der Waals surface area contributed by atoms with E-state index in [4.69, 9.17) is 4.74 Å². The number of halogens is 2. The lowest BCUT2D eigenvalue weighted by Crippen LogP contribution is -2.23. The third kappa shape index (κ3) is 5.63. The van der Waals surface area contributed by atoms with Gasteiger partial charge in [-0.25, -0.2) is 13.5 Å². The summed E-state index contributed by atoms with van der Waals surface area (Å²) in [5.74, 6) is -0.248. The first-order valence-electron chi connectivity index (χ1n) is 10.6. The predicted octanol–water partition coefficient (Wildman–Crippen LogP) is 5.50. The van der Waals surface area contributed by atoms with E-state index in [0.29, 0.717) is 36.0 Å². The normalized spacial score (nSPS) is 10.8. The molecule has 0 atom stereocenters. The maximum absolute atomic E-state index is 13.7. The van der Waals surface area contributed by atoms with Gasteiger partial charge in [0.05, 0.1) is 11.4 Å². The Hall–Kier alpha value is -4.00. The molecule has 7 heteroatoms. The van der Waals surface area contributed by atoms with Crippen molar-refractivity contribution in [1.29, 1.82) is 0 Å². The minimum atomic E-state index is -0.432. The molecule has 0 radical (unpaired) electrons. The minimum Gasteiger partial charge on any atom is -0.439 e. The fraction of sp³-hybridized carbons (Fsp3) is 0.154. The molecule has 0 fully saturated rings. The Morgan fingerprint density at radius 3 is 2.45 bits per heavy atom. The van der Waals surface area contributed by atoms with Gasteiger partial charge in [0.1, 0.15) is 17.4 Å². The van der Waals surface area contributed by atoms with Gasteiger partial charge in [-0.15, -0.1) is 0 Å². The smallest absolute Gasteiger partial charge is 0.226 e. The van der Waals surface area contributed by atoms with E-state index in [2.05, 4.69) is 10.4 Å². The van der Waals surface area contributed by atoms with Gasteiger partial charge in [-0.3, -0.25) is 4.79 Å². The number of aryl methyl sites for hydroxylation is 1. The van der Waals surface area contributed by atoms with E-state index >= 15 is 0 Å². The van der Waals surface area contributed by atoms with Crippen LogP contribution in [0, 0.1) is 18.6 Å². The first-order valence-corrected chi connectivity index (χ1v) is 10.6. The third-order valence-electron chi connectivity index (χ3n) is 5.15. The van der Waals surface area contributed by atoms with Crippen LogP contribution in [-0.2, 0) is 17.8 Å². The molecule has 0 aliphatic carbocycles. The standard InChI is InChI=1S/C26H23F2N3O2/c1-18-24(14-15-25(32)29-17-19-6-3-2-4-7-19)26(33-23-9-5-8-21(28)16-23)31(30-18)22-12-10-20(27)11-13-22/h2-13,16H,14-15,17H2,1H3,(H,29,32). The van der Waals surface area contributed by atoms with E-state index in [1.165, 1.54) is 28.9 Å². The Labute approximate surface area is 190 Å². The number of carbonyl (C=O) groups excluding carboxylic acids is 1. The number of benzene rings is 3. The van der Waals surface area contributed by atoms with Crippen molar-refractivity contribution in [2.75, 3.05) is 0 Å². The number of amides is 1. The van der Waals surface area contributed by atoms with Crippen LogP contribution in [-0.4, -0.2) is 15.7 Å². The van der Waals surface area contributed by atoms with Crippen LogP contribution in [0.5, 0.6) is 11.6 Å². The van der Waals surface area contributed by atoms with Crippen LogP contribution in [0.3, 0.4) is 0 Å². The lowest BCUT2D eigenvalue weighted by atomic mass is 10.1. The Morgan fingerprint density at radius 1 is 0.970 bits per heavy atom. The lowest BCUT2D eigenvalue weighted by molar-refractivity contribution is -0.121. The molecule has 168 valence electrons. The second-order valence-electron chi connectivity index (χ2n) is 7.58. The van der Waals surface area contributed by atoms with Crippen molar-refractivity contribution in [1.82, 2.24) is 15.1 Å². The van der Waals surface area contributed by atoms with Crippen molar-refractivity contribution in [3.8, 4) is 17.3 Å². The number of nitrogens with one attached hydrogen (secondary N) is 1. The summed E-state index contributed by atoms with van der Waals surface area (Å²) in [5.41, 5.74) is 2.99. The van der Waals surface area contributed by atoms with Gasteiger partial charge < -0.3 is 10.1 Å². The fourth-order valence-electron chi connectivity index (χ4n) is 3.45. The Morgan fingerprint density at radius 2 is 1.73 bits per heavy atom. The number of hydrogen-bond acceptors (Lipinski definition) is 3. The molecule has 33 heavy (non-hydrogen) atoms. The maximum atomic E-state index is 13.7. The molecule has 1 amide bonds. The molecule has 4 rings (SSSR count). The van der Waals surface area contributed by atoms with Crippen molar-refractivity contribution >= 4 is 5.91 Å². The van der Waals surface area contributed by atoms with Gasteiger partial charge in [-0.2, -0.15) is 5.10 Å². The highest BCUT2D eigenvalue weighted by Crippen LogP contribution is 2.31. The van der Waals surface area contributed by atoms with Crippen LogP contribution in [0.15, 0.2) is 78.9 Å². The zero-order valence-corrected chi connectivity index (χ0v) is 18.1. The monoisotopic (exact) mass is 447 g/mol. The van der Waals surface area contributed by atoms with E-state index < -0.39 is 5.82 Å². The zero-order chi connectivity index (χ0) is 23.2. The van der Waals surface area contributed by atoms with E-state index in [1.54, 1.807) is 24.3 Å². The van der Waals surface area contributed by atoms with Crippen LogP contribution >= 0.6 is 0 Å². The average Bonchev–Trinajstić information content (AvgIpc) is 3.12. The molecule has 0 spiro atoms. The third-order valence-corrected chi connectivity index (χ3v) is 5.15. The van der Waals surface area contributed by atoms with Crippen LogP contribution < -0.4 is 10.1 Å². The van der Waals surface area contributed by atoms with Crippen molar-refractivity contribution < 1.29 is 18.3 Å². The van der Waals surface area contributed by atoms with Crippen LogP contribution in [0.25, 0.3) is 5.69 Å². The predicted molar refractivity (Wildman–Crippen MR) is 121 cm³/mol. The molecule has 1 aromatic heterocycles. The molecule has 1 heterocycles. The molecule has 0 aliphatic heterocycles. The molecule has 0 bridgehead atoms. The Balaban J connectivity index is 1.56. The number of nitrogens with zero attached hydrogens (tertiary/aromatic N) is 2. The highest BCUT2D eigenvalue weighted by molar-refractivity contribution is 5.76. The summed E-state index contributed by atoms with van der Waals surface area (Å²) in [4.78, 5) is 12.5. The van der Waals surface area contributed by atoms with E-state index in [9.17, 15) is 13.6 Å². The van der Waals surface area contributed by atoms with Crippen molar-refractivity contribution in [2.24, 2.45) is 0 Å². The number of carbonyl (C=O) groups is 1. The summed E-state index contributed by atoms with van der Waals surface area (Å²) < 4.78 is 34.7. The molecule has 0 saturated heterocycles. The van der Waals surface area contributed by atoms with Crippen LogP contribution in [0.2, 0.25) is 0 Å². The minimum absolute atomic E-state index is 0.107. The molecule has 0 saturated carbocycles. The molecule has 5 nitrogen and oxygen atoms in total. The van der Waals surface area contributed by atoms with Crippen LogP contribution in [0.1, 0.15) is 23.2 Å². The topological polar surface area (TPSA) is 56.2 Å². The number of rotatable bonds is 8. The lowest BCUT2D eigenvalue weighted by Gasteiger charge is -2.12. The zero-order valence-electron chi connectivity index (χ0n) is 18.1. The number of aromatic nitrogens is 2. The molecular weight excluding hydrogens is 424 g/mol. The highest BCUT2D eigenvalue weighted by Gasteiger charge is 2.20. The van der Waals surface area contributed by atoms with Gasteiger partial charge in [0.15, 0.2) is 0 Å². The van der Waals surface area contributed by atoms with Crippen LogP contribution in [0.4, 0.5) is 8.78 Å². The average molecular weight is 447 g/mol. The largest absolute Gasteiger partial charge is 0.439 e. The molecule has 4 aromatic rings. The number of ether oxygens (including phenoxy) is 1. The number of hydrogen-bond donors (Lipinski definition) is 1. The second kappa shape index (κ2) is 10.1. The van der Waals surface area contributed by atoms with Gasteiger partial charge in [-0.1, -0.05) is 36.4 Å². The van der Waals surface area contributed by atoms with E-state index in [0.717, 1.165) is 11.1 Å². The quantitative estimate of drug-likeness (QED) is 0.388. The van der Waals surface area contributed by atoms with E-state index in [1.807, 2.05) is 37.3 Å². The summed E-state index contributed by atoms with van der Waals surface area (Å²) in [6.07, 6.45) is 0.598. The van der Waals surface area contributed by atoms with Crippen molar-refractivity contribution in [3.63, 3.8) is 0 Å².